The van der Waals surface area contributed by atoms with E-state index in [1.807, 2.05) is 61.5 Å². The van der Waals surface area contributed by atoms with Gasteiger partial charge < -0.3 is 10.1 Å². The lowest BCUT2D eigenvalue weighted by Gasteiger charge is -2.18. The summed E-state index contributed by atoms with van der Waals surface area (Å²) in [7, 11) is 0. The molecule has 1 saturated heterocycles. The fraction of sp³-hybridized carbons (Fsp3) is 0.222. The van der Waals surface area contributed by atoms with E-state index < -0.39 is 12.0 Å². The number of carbonyl (C=O) groups is 2. The second-order valence-corrected chi connectivity index (χ2v) is 5.44. The van der Waals surface area contributed by atoms with Crippen molar-refractivity contribution in [3.63, 3.8) is 0 Å². The molecule has 0 bridgehead atoms. The second-order valence-electron chi connectivity index (χ2n) is 5.44. The number of anilines is 1. The predicted octanol–water partition coefficient (Wildman–Crippen LogP) is 3.24. The van der Waals surface area contributed by atoms with Crippen LogP contribution in [0, 0.1) is 12.8 Å². The van der Waals surface area contributed by atoms with Crippen LogP contribution in [0.15, 0.2) is 54.6 Å². The van der Waals surface area contributed by atoms with Crippen molar-refractivity contribution < 1.29 is 14.3 Å². The standard InChI is InChI=1S/C18H17NO3/c1-12-7-5-6-10-15(12)19-18(21)14-11-16(20)22-17(14)13-8-3-2-4-9-13/h2-10,14,17H,11H2,1H3,(H,19,21). The van der Waals surface area contributed by atoms with Gasteiger partial charge in [0.1, 0.15) is 6.10 Å². The second kappa shape index (κ2) is 6.02. The summed E-state index contributed by atoms with van der Waals surface area (Å²) >= 11 is 0. The van der Waals surface area contributed by atoms with E-state index in [4.69, 9.17) is 4.74 Å². The Kier molecular flexibility index (Phi) is 3.92. The van der Waals surface area contributed by atoms with Crippen LogP contribution in [0.1, 0.15) is 23.7 Å². The van der Waals surface area contributed by atoms with Gasteiger partial charge in [0, 0.05) is 5.69 Å². The molecule has 1 aliphatic heterocycles. The van der Waals surface area contributed by atoms with Crippen LogP contribution in [0.5, 0.6) is 0 Å². The third kappa shape index (κ3) is 2.86. The van der Waals surface area contributed by atoms with E-state index in [-0.39, 0.29) is 18.3 Å². The molecule has 1 heterocycles. The smallest absolute Gasteiger partial charge is 0.307 e. The SMILES string of the molecule is Cc1ccccc1NC(=O)C1CC(=O)OC1c1ccccc1. The number of amides is 1. The van der Waals surface area contributed by atoms with Crippen molar-refractivity contribution in [1.82, 2.24) is 0 Å². The summed E-state index contributed by atoms with van der Waals surface area (Å²) in [5, 5.41) is 2.90. The first-order valence-electron chi connectivity index (χ1n) is 7.26. The maximum atomic E-state index is 12.6. The van der Waals surface area contributed by atoms with Crippen molar-refractivity contribution in [1.29, 1.82) is 0 Å². The van der Waals surface area contributed by atoms with Gasteiger partial charge in [-0.2, -0.15) is 0 Å². The highest BCUT2D eigenvalue weighted by Crippen LogP contribution is 2.36. The van der Waals surface area contributed by atoms with E-state index in [0.29, 0.717) is 0 Å². The third-order valence-electron chi connectivity index (χ3n) is 3.88. The summed E-state index contributed by atoms with van der Waals surface area (Å²) in [4.78, 5) is 24.2. The van der Waals surface area contributed by atoms with Crippen molar-refractivity contribution >= 4 is 17.6 Å². The van der Waals surface area contributed by atoms with Crippen LogP contribution in [-0.2, 0) is 14.3 Å². The normalized spacial score (nSPS) is 20.5. The monoisotopic (exact) mass is 295 g/mol. The molecule has 2 aromatic carbocycles. The lowest BCUT2D eigenvalue weighted by atomic mass is 9.94. The minimum atomic E-state index is -0.516. The van der Waals surface area contributed by atoms with Crippen LogP contribution in [-0.4, -0.2) is 11.9 Å². The highest BCUT2D eigenvalue weighted by Gasteiger charge is 2.40. The molecule has 0 aromatic heterocycles. The topological polar surface area (TPSA) is 55.4 Å². The Balaban J connectivity index is 1.81. The van der Waals surface area contributed by atoms with E-state index >= 15 is 0 Å². The van der Waals surface area contributed by atoms with Crippen molar-refractivity contribution in [2.45, 2.75) is 19.4 Å². The molecule has 0 spiro atoms. The number of para-hydroxylation sites is 1. The minimum absolute atomic E-state index is 0.108. The van der Waals surface area contributed by atoms with Gasteiger partial charge in [0.05, 0.1) is 12.3 Å². The molecule has 0 radical (unpaired) electrons. The van der Waals surface area contributed by atoms with E-state index in [2.05, 4.69) is 5.32 Å². The first-order valence-corrected chi connectivity index (χ1v) is 7.26. The molecule has 2 unspecified atom stereocenters. The Labute approximate surface area is 129 Å². The third-order valence-corrected chi connectivity index (χ3v) is 3.88. The average molecular weight is 295 g/mol. The number of carbonyl (C=O) groups excluding carboxylic acids is 2. The van der Waals surface area contributed by atoms with Gasteiger partial charge in [0.2, 0.25) is 5.91 Å². The molecular weight excluding hydrogens is 278 g/mol. The maximum absolute atomic E-state index is 12.6. The van der Waals surface area contributed by atoms with Gasteiger partial charge in [-0.3, -0.25) is 9.59 Å². The molecule has 4 nitrogen and oxygen atoms in total. The van der Waals surface area contributed by atoms with Gasteiger partial charge >= 0.3 is 5.97 Å². The lowest BCUT2D eigenvalue weighted by Crippen LogP contribution is -2.25. The van der Waals surface area contributed by atoms with E-state index in [9.17, 15) is 9.59 Å². The highest BCUT2D eigenvalue weighted by molar-refractivity contribution is 5.96. The van der Waals surface area contributed by atoms with E-state index in [1.165, 1.54) is 0 Å². The molecule has 4 heteroatoms. The summed E-state index contributed by atoms with van der Waals surface area (Å²) in [6.45, 7) is 1.93. The molecule has 1 aliphatic rings. The number of nitrogens with one attached hydrogen (secondary N) is 1. The molecule has 22 heavy (non-hydrogen) atoms. The molecular formula is C18H17NO3. The minimum Gasteiger partial charge on any atom is -0.457 e. The van der Waals surface area contributed by atoms with Gasteiger partial charge in [-0.1, -0.05) is 48.5 Å². The molecule has 112 valence electrons. The van der Waals surface area contributed by atoms with Crippen LogP contribution in [0.25, 0.3) is 0 Å². The molecule has 0 saturated carbocycles. The van der Waals surface area contributed by atoms with Crippen molar-refractivity contribution in [2.75, 3.05) is 5.32 Å². The fourth-order valence-corrected chi connectivity index (χ4v) is 2.67. The molecule has 3 rings (SSSR count). The quantitative estimate of drug-likeness (QED) is 0.884. The van der Waals surface area contributed by atoms with Crippen LogP contribution < -0.4 is 5.32 Å². The zero-order chi connectivity index (χ0) is 15.5. The first-order chi connectivity index (χ1) is 10.6. The summed E-state index contributed by atoms with van der Waals surface area (Å²) in [5.41, 5.74) is 2.59. The first kappa shape index (κ1) is 14.3. The number of cyclic esters (lactones) is 1. The van der Waals surface area contributed by atoms with Crippen molar-refractivity contribution in [2.24, 2.45) is 5.92 Å². The zero-order valence-electron chi connectivity index (χ0n) is 12.3. The lowest BCUT2D eigenvalue weighted by molar-refractivity contribution is -0.141. The Bertz CT molecular complexity index is 696. The Hall–Kier alpha value is -2.62. The number of ether oxygens (including phenoxy) is 1. The number of esters is 1. The van der Waals surface area contributed by atoms with Crippen LogP contribution in [0.2, 0.25) is 0 Å². The summed E-state index contributed by atoms with van der Waals surface area (Å²) < 4.78 is 5.35. The van der Waals surface area contributed by atoms with Gasteiger partial charge in [-0.25, -0.2) is 0 Å². The van der Waals surface area contributed by atoms with Crippen LogP contribution >= 0.6 is 0 Å². The van der Waals surface area contributed by atoms with Gasteiger partial charge in [0.25, 0.3) is 0 Å². The molecule has 2 aromatic rings. The molecule has 1 amide bonds. The largest absolute Gasteiger partial charge is 0.457 e. The Morgan fingerprint density at radius 3 is 2.50 bits per heavy atom. The Morgan fingerprint density at radius 2 is 1.77 bits per heavy atom. The number of hydrogen-bond acceptors (Lipinski definition) is 3. The van der Waals surface area contributed by atoms with Crippen molar-refractivity contribution in [3.8, 4) is 0 Å². The van der Waals surface area contributed by atoms with E-state index in [0.717, 1.165) is 16.8 Å². The molecule has 2 atom stereocenters. The number of hydrogen-bond donors (Lipinski definition) is 1. The molecule has 1 N–H and O–H groups in total. The van der Waals surface area contributed by atoms with Gasteiger partial charge in [0.15, 0.2) is 0 Å². The molecule has 1 fully saturated rings. The maximum Gasteiger partial charge on any atom is 0.307 e. The summed E-state index contributed by atoms with van der Waals surface area (Å²) in [6, 6.07) is 16.9. The molecule has 0 aliphatic carbocycles. The van der Waals surface area contributed by atoms with Crippen LogP contribution in [0.4, 0.5) is 5.69 Å². The summed E-state index contributed by atoms with van der Waals surface area (Å²) in [6.07, 6.45) is -0.408. The number of rotatable bonds is 3. The number of benzene rings is 2. The van der Waals surface area contributed by atoms with Gasteiger partial charge in [-0.05, 0) is 24.1 Å². The highest BCUT2D eigenvalue weighted by atomic mass is 16.6. The predicted molar refractivity (Wildman–Crippen MR) is 83.2 cm³/mol. The average Bonchev–Trinajstić information content (AvgIpc) is 2.92. The van der Waals surface area contributed by atoms with E-state index in [1.54, 1.807) is 0 Å². The fourth-order valence-electron chi connectivity index (χ4n) is 2.67. The van der Waals surface area contributed by atoms with Crippen LogP contribution in [0.3, 0.4) is 0 Å². The number of aryl methyl sites for hydroxylation is 1. The summed E-state index contributed by atoms with van der Waals surface area (Å²) in [5.74, 6) is -1.03. The zero-order valence-corrected chi connectivity index (χ0v) is 12.3. The van der Waals surface area contributed by atoms with Gasteiger partial charge in [-0.15, -0.1) is 0 Å². The Morgan fingerprint density at radius 1 is 1.09 bits per heavy atom. The van der Waals surface area contributed by atoms with Crippen molar-refractivity contribution in [3.05, 3.63) is 65.7 Å².